The minimum absolute atomic E-state index is 0.231. The van der Waals surface area contributed by atoms with E-state index in [1.807, 2.05) is 24.3 Å². The molecule has 0 fully saturated rings. The second kappa shape index (κ2) is 9.60. The summed E-state index contributed by atoms with van der Waals surface area (Å²) in [5.41, 5.74) is 0.477. The van der Waals surface area contributed by atoms with E-state index in [1.165, 1.54) is 7.11 Å². The van der Waals surface area contributed by atoms with Gasteiger partial charge >= 0.3 is 0 Å². The Morgan fingerprint density at radius 2 is 1.88 bits per heavy atom. The van der Waals surface area contributed by atoms with Gasteiger partial charge in [0.15, 0.2) is 11.5 Å². The van der Waals surface area contributed by atoms with Crippen molar-refractivity contribution < 1.29 is 19.0 Å². The number of amides is 1. The molecule has 0 saturated carbocycles. The van der Waals surface area contributed by atoms with E-state index in [0.29, 0.717) is 17.1 Å². The SMILES string of the molecule is COc1ccc(C(=O)NCC#CCOc2cccc(Br)c2)cc1OC. The summed E-state index contributed by atoms with van der Waals surface area (Å²) >= 11 is 3.37. The van der Waals surface area contributed by atoms with Gasteiger partial charge in [0, 0.05) is 10.0 Å². The molecule has 0 bridgehead atoms. The monoisotopic (exact) mass is 403 g/mol. The fourth-order valence-corrected chi connectivity index (χ4v) is 2.37. The Morgan fingerprint density at radius 1 is 1.08 bits per heavy atom. The second-order valence-corrected chi connectivity index (χ2v) is 5.77. The molecule has 0 heterocycles. The number of hydrogen-bond acceptors (Lipinski definition) is 4. The first kappa shape index (κ1) is 18.7. The number of hydrogen-bond donors (Lipinski definition) is 1. The summed E-state index contributed by atoms with van der Waals surface area (Å²) in [7, 11) is 3.07. The minimum atomic E-state index is -0.233. The van der Waals surface area contributed by atoms with Gasteiger partial charge in [-0.3, -0.25) is 4.79 Å². The van der Waals surface area contributed by atoms with Crippen molar-refractivity contribution in [2.24, 2.45) is 0 Å². The second-order valence-electron chi connectivity index (χ2n) is 4.85. The first-order valence-corrected chi connectivity index (χ1v) is 8.27. The van der Waals surface area contributed by atoms with Crippen molar-refractivity contribution in [3.8, 4) is 29.1 Å². The van der Waals surface area contributed by atoms with E-state index < -0.39 is 0 Å². The van der Waals surface area contributed by atoms with E-state index in [1.54, 1.807) is 25.3 Å². The lowest BCUT2D eigenvalue weighted by atomic mass is 10.2. The van der Waals surface area contributed by atoms with Crippen LogP contribution in [0.25, 0.3) is 0 Å². The molecule has 0 aromatic heterocycles. The van der Waals surface area contributed by atoms with E-state index in [0.717, 1.165) is 10.2 Å². The minimum Gasteiger partial charge on any atom is -0.493 e. The van der Waals surface area contributed by atoms with Crippen molar-refractivity contribution in [3.63, 3.8) is 0 Å². The fourth-order valence-electron chi connectivity index (χ4n) is 1.99. The number of carbonyl (C=O) groups excluding carboxylic acids is 1. The highest BCUT2D eigenvalue weighted by molar-refractivity contribution is 9.10. The van der Waals surface area contributed by atoms with Crippen molar-refractivity contribution in [2.45, 2.75) is 0 Å². The topological polar surface area (TPSA) is 56.8 Å². The molecule has 0 radical (unpaired) electrons. The fraction of sp³-hybridized carbons (Fsp3) is 0.211. The summed E-state index contributed by atoms with van der Waals surface area (Å²) in [4.78, 5) is 12.1. The standard InChI is InChI=1S/C19H18BrNO4/c1-23-17-9-8-14(12-18(17)24-2)19(22)21-10-3-4-11-25-16-7-5-6-15(20)13-16/h5-9,12-13H,10-11H2,1-2H3,(H,21,22). The molecule has 6 heteroatoms. The molecule has 0 aliphatic rings. The third-order valence-electron chi connectivity index (χ3n) is 3.22. The molecule has 130 valence electrons. The van der Waals surface area contributed by atoms with Gasteiger partial charge in [0.05, 0.1) is 20.8 Å². The van der Waals surface area contributed by atoms with Gasteiger partial charge in [-0.25, -0.2) is 0 Å². The van der Waals surface area contributed by atoms with E-state index >= 15 is 0 Å². The van der Waals surface area contributed by atoms with Crippen LogP contribution in [0.3, 0.4) is 0 Å². The van der Waals surface area contributed by atoms with Crippen molar-refractivity contribution in [2.75, 3.05) is 27.4 Å². The lowest BCUT2D eigenvalue weighted by Crippen LogP contribution is -2.23. The third kappa shape index (κ3) is 5.73. The highest BCUT2D eigenvalue weighted by Crippen LogP contribution is 2.27. The van der Waals surface area contributed by atoms with Crippen LogP contribution in [-0.4, -0.2) is 33.3 Å². The normalized spacial score (nSPS) is 9.56. The molecular weight excluding hydrogens is 386 g/mol. The van der Waals surface area contributed by atoms with Gasteiger partial charge in [-0.2, -0.15) is 0 Å². The molecular formula is C19H18BrNO4. The molecule has 1 amide bonds. The first-order valence-electron chi connectivity index (χ1n) is 7.48. The zero-order valence-electron chi connectivity index (χ0n) is 14.0. The largest absolute Gasteiger partial charge is 0.493 e. The summed E-state index contributed by atoms with van der Waals surface area (Å²) in [5, 5.41) is 2.72. The van der Waals surface area contributed by atoms with Gasteiger partial charge in [-0.15, -0.1) is 0 Å². The Balaban J connectivity index is 1.81. The zero-order valence-corrected chi connectivity index (χ0v) is 15.6. The zero-order chi connectivity index (χ0) is 18.1. The van der Waals surface area contributed by atoms with Gasteiger partial charge in [-0.05, 0) is 36.4 Å². The molecule has 0 unspecified atom stereocenters. The Hall–Kier alpha value is -2.65. The number of benzene rings is 2. The van der Waals surface area contributed by atoms with E-state index in [9.17, 15) is 4.79 Å². The molecule has 0 saturated heterocycles. The van der Waals surface area contributed by atoms with Gasteiger partial charge in [-0.1, -0.05) is 33.8 Å². The number of nitrogens with one attached hydrogen (secondary N) is 1. The number of ether oxygens (including phenoxy) is 3. The number of halogens is 1. The van der Waals surface area contributed by atoms with Crippen LogP contribution in [0.5, 0.6) is 17.2 Å². The smallest absolute Gasteiger partial charge is 0.252 e. The molecule has 0 aliphatic carbocycles. The van der Waals surface area contributed by atoms with Crippen LogP contribution in [0.4, 0.5) is 0 Å². The first-order chi connectivity index (χ1) is 12.1. The molecule has 0 spiro atoms. The number of rotatable bonds is 6. The van der Waals surface area contributed by atoms with Crippen LogP contribution in [0.2, 0.25) is 0 Å². The highest BCUT2D eigenvalue weighted by Gasteiger charge is 2.09. The summed E-state index contributed by atoms with van der Waals surface area (Å²) in [6, 6.07) is 12.5. The van der Waals surface area contributed by atoms with Crippen molar-refractivity contribution >= 4 is 21.8 Å². The molecule has 0 aliphatic heterocycles. The van der Waals surface area contributed by atoms with Gasteiger partial charge < -0.3 is 19.5 Å². The number of methoxy groups -OCH3 is 2. The lowest BCUT2D eigenvalue weighted by Gasteiger charge is -2.09. The third-order valence-corrected chi connectivity index (χ3v) is 3.71. The van der Waals surface area contributed by atoms with Gasteiger partial charge in [0.1, 0.15) is 12.4 Å². The van der Waals surface area contributed by atoms with Crippen LogP contribution in [-0.2, 0) is 0 Å². The Kier molecular flexibility index (Phi) is 7.17. The van der Waals surface area contributed by atoms with Crippen LogP contribution in [0.15, 0.2) is 46.9 Å². The summed E-state index contributed by atoms with van der Waals surface area (Å²) in [6.07, 6.45) is 0. The van der Waals surface area contributed by atoms with E-state index in [-0.39, 0.29) is 19.1 Å². The van der Waals surface area contributed by atoms with Crippen LogP contribution in [0.1, 0.15) is 10.4 Å². The molecule has 0 atom stereocenters. The molecule has 25 heavy (non-hydrogen) atoms. The molecule has 2 aromatic carbocycles. The quantitative estimate of drug-likeness (QED) is 0.751. The van der Waals surface area contributed by atoms with Crippen LogP contribution < -0.4 is 19.5 Å². The van der Waals surface area contributed by atoms with Crippen molar-refractivity contribution in [1.82, 2.24) is 5.32 Å². The molecule has 1 N–H and O–H groups in total. The van der Waals surface area contributed by atoms with Crippen LogP contribution >= 0.6 is 15.9 Å². The average Bonchev–Trinajstić information content (AvgIpc) is 2.63. The Morgan fingerprint density at radius 3 is 2.60 bits per heavy atom. The summed E-state index contributed by atoms with van der Waals surface area (Å²) in [6.45, 7) is 0.484. The molecule has 5 nitrogen and oxygen atoms in total. The van der Waals surface area contributed by atoms with Gasteiger partial charge in [0.25, 0.3) is 5.91 Å². The van der Waals surface area contributed by atoms with E-state index in [2.05, 4.69) is 33.1 Å². The maximum Gasteiger partial charge on any atom is 0.252 e. The van der Waals surface area contributed by atoms with E-state index in [4.69, 9.17) is 14.2 Å². The summed E-state index contributed by atoms with van der Waals surface area (Å²) < 4.78 is 16.8. The Labute approximate surface area is 155 Å². The van der Waals surface area contributed by atoms with Gasteiger partial charge in [0.2, 0.25) is 0 Å². The predicted molar refractivity (Wildman–Crippen MR) is 99.3 cm³/mol. The predicted octanol–water partition coefficient (Wildman–Crippen LogP) is 3.28. The van der Waals surface area contributed by atoms with Crippen molar-refractivity contribution in [3.05, 3.63) is 52.5 Å². The lowest BCUT2D eigenvalue weighted by molar-refractivity contribution is 0.0958. The van der Waals surface area contributed by atoms with Crippen LogP contribution in [0, 0.1) is 11.8 Å². The molecule has 2 rings (SSSR count). The maximum atomic E-state index is 12.1. The number of carbonyl (C=O) groups is 1. The Bertz CT molecular complexity index is 795. The maximum absolute atomic E-state index is 12.1. The highest BCUT2D eigenvalue weighted by atomic mass is 79.9. The van der Waals surface area contributed by atoms with Crippen molar-refractivity contribution in [1.29, 1.82) is 0 Å². The summed E-state index contributed by atoms with van der Waals surface area (Å²) in [5.74, 6) is 7.28. The average molecular weight is 404 g/mol. The molecule has 2 aromatic rings.